The Hall–Kier alpha value is -1.18. The lowest BCUT2D eigenvalue weighted by Gasteiger charge is -2.35. The van der Waals surface area contributed by atoms with Crippen molar-refractivity contribution in [3.63, 3.8) is 0 Å². The molecule has 0 bridgehead atoms. The van der Waals surface area contributed by atoms with E-state index in [1.807, 2.05) is 6.92 Å². The Morgan fingerprint density at radius 3 is 2.73 bits per heavy atom. The second kappa shape index (κ2) is 10.8. The topological polar surface area (TPSA) is 53.0 Å². The number of hydrogen-bond donors (Lipinski definition) is 1. The highest BCUT2D eigenvalue weighted by atomic mass is 32.1. The number of aryl methyl sites for hydroxylation is 1. The van der Waals surface area contributed by atoms with Gasteiger partial charge >= 0.3 is 0 Å². The lowest BCUT2D eigenvalue weighted by Crippen LogP contribution is -2.46. The van der Waals surface area contributed by atoms with Gasteiger partial charge in [0.05, 0.1) is 37.0 Å². The zero-order valence-electron chi connectivity index (χ0n) is 17.0. The van der Waals surface area contributed by atoms with Gasteiger partial charge in [-0.15, -0.1) is 11.3 Å². The van der Waals surface area contributed by atoms with Gasteiger partial charge in [0.25, 0.3) is 0 Å². The summed E-state index contributed by atoms with van der Waals surface area (Å²) in [5, 5.41) is 6.67. The summed E-state index contributed by atoms with van der Waals surface area (Å²) in [6.45, 7) is 14.9. The summed E-state index contributed by atoms with van der Waals surface area (Å²) in [7, 11) is 2.09. The maximum Gasteiger partial charge on any atom is 0.194 e. The summed E-state index contributed by atoms with van der Waals surface area (Å²) in [4.78, 5) is 14.3. The highest BCUT2D eigenvalue weighted by molar-refractivity contribution is 7.09. The number of ether oxygens (including phenoxy) is 1. The highest BCUT2D eigenvalue weighted by Gasteiger charge is 2.22. The fourth-order valence-corrected chi connectivity index (χ4v) is 3.89. The lowest BCUT2D eigenvalue weighted by atomic mass is 10.0. The summed E-state index contributed by atoms with van der Waals surface area (Å²) < 4.78 is 5.52. The minimum atomic E-state index is 0.475. The zero-order chi connectivity index (χ0) is 18.9. The van der Waals surface area contributed by atoms with Crippen LogP contribution in [-0.2, 0) is 11.3 Å². The molecule has 26 heavy (non-hydrogen) atoms. The first-order chi connectivity index (χ1) is 12.5. The largest absolute Gasteiger partial charge is 0.379 e. The predicted octanol–water partition coefficient (Wildman–Crippen LogP) is 2.60. The number of rotatable bonds is 8. The third-order valence-corrected chi connectivity index (χ3v) is 5.34. The van der Waals surface area contributed by atoms with E-state index in [0.29, 0.717) is 12.0 Å². The summed E-state index contributed by atoms with van der Waals surface area (Å²) >= 11 is 1.70. The Balaban J connectivity index is 2.03. The molecule has 1 aliphatic rings. The average molecular weight is 382 g/mol. The van der Waals surface area contributed by atoms with E-state index < -0.39 is 0 Å². The number of nitrogens with one attached hydrogen (secondary N) is 1. The summed E-state index contributed by atoms with van der Waals surface area (Å²) in [5.41, 5.74) is 1.10. The lowest BCUT2D eigenvalue weighted by molar-refractivity contribution is 0.0142. The van der Waals surface area contributed by atoms with Gasteiger partial charge in [0, 0.05) is 38.1 Å². The molecule has 1 saturated heterocycles. The SMILES string of the molecule is CCNC(=NCC(CC(C)C)N1CCOCC1)N(C)Cc1csc(C)n1. The predicted molar refractivity (Wildman–Crippen MR) is 110 cm³/mol. The zero-order valence-corrected chi connectivity index (χ0v) is 17.8. The number of thiazole rings is 1. The van der Waals surface area contributed by atoms with Gasteiger partial charge in [0.1, 0.15) is 0 Å². The van der Waals surface area contributed by atoms with Crippen LogP contribution in [0, 0.1) is 12.8 Å². The standard InChI is InChI=1S/C19H35N5OS/c1-6-20-19(23(5)13-17-14-26-16(4)22-17)21-12-18(11-15(2)3)24-7-9-25-10-8-24/h14-15,18H,6-13H2,1-5H3,(H,20,21). The number of aliphatic imine (C=N–C) groups is 1. The van der Waals surface area contributed by atoms with Gasteiger partial charge in [-0.1, -0.05) is 13.8 Å². The van der Waals surface area contributed by atoms with E-state index >= 15 is 0 Å². The third kappa shape index (κ3) is 6.85. The molecular weight excluding hydrogens is 346 g/mol. The number of hydrogen-bond acceptors (Lipinski definition) is 5. The maximum atomic E-state index is 5.52. The van der Waals surface area contributed by atoms with Crippen LogP contribution < -0.4 is 5.32 Å². The Morgan fingerprint density at radius 1 is 1.42 bits per heavy atom. The van der Waals surface area contributed by atoms with Crippen LogP contribution in [0.2, 0.25) is 0 Å². The van der Waals surface area contributed by atoms with Crippen molar-refractivity contribution in [1.29, 1.82) is 0 Å². The molecule has 7 heteroatoms. The number of morpholine rings is 1. The van der Waals surface area contributed by atoms with Crippen LogP contribution in [-0.4, -0.2) is 73.2 Å². The monoisotopic (exact) mass is 381 g/mol. The van der Waals surface area contributed by atoms with E-state index in [2.05, 4.69) is 53.3 Å². The quantitative estimate of drug-likeness (QED) is 0.554. The molecular formula is C19H35N5OS. The van der Waals surface area contributed by atoms with Gasteiger partial charge in [-0.2, -0.15) is 0 Å². The summed E-state index contributed by atoms with van der Waals surface area (Å²) in [6.07, 6.45) is 1.16. The van der Waals surface area contributed by atoms with Gasteiger partial charge in [-0.3, -0.25) is 9.89 Å². The maximum absolute atomic E-state index is 5.52. The van der Waals surface area contributed by atoms with Crippen LogP contribution in [0.3, 0.4) is 0 Å². The molecule has 0 amide bonds. The average Bonchev–Trinajstić information content (AvgIpc) is 3.02. The first-order valence-corrected chi connectivity index (χ1v) is 10.6. The molecule has 2 heterocycles. The Morgan fingerprint density at radius 2 is 2.15 bits per heavy atom. The molecule has 1 unspecified atom stereocenters. The van der Waals surface area contributed by atoms with Crippen LogP contribution in [0.15, 0.2) is 10.4 Å². The minimum Gasteiger partial charge on any atom is -0.379 e. The fourth-order valence-electron chi connectivity index (χ4n) is 3.29. The molecule has 0 saturated carbocycles. The van der Waals surface area contributed by atoms with Crippen LogP contribution in [0.4, 0.5) is 0 Å². The molecule has 0 spiro atoms. The van der Waals surface area contributed by atoms with Crippen LogP contribution in [0.5, 0.6) is 0 Å². The van der Waals surface area contributed by atoms with Gasteiger partial charge < -0.3 is 15.0 Å². The van der Waals surface area contributed by atoms with E-state index in [4.69, 9.17) is 9.73 Å². The fraction of sp³-hybridized carbons (Fsp3) is 0.789. The summed E-state index contributed by atoms with van der Waals surface area (Å²) in [5.74, 6) is 1.62. The van der Waals surface area contributed by atoms with Gasteiger partial charge in [-0.05, 0) is 26.2 Å². The normalized spacial score (nSPS) is 17.5. The molecule has 1 N–H and O–H groups in total. The van der Waals surface area contributed by atoms with Gasteiger partial charge in [0.2, 0.25) is 0 Å². The van der Waals surface area contributed by atoms with Crippen molar-refractivity contribution < 1.29 is 4.74 Å². The van der Waals surface area contributed by atoms with Gasteiger partial charge in [0.15, 0.2) is 5.96 Å². The van der Waals surface area contributed by atoms with Crippen LogP contribution in [0.25, 0.3) is 0 Å². The molecule has 6 nitrogen and oxygen atoms in total. The third-order valence-electron chi connectivity index (χ3n) is 4.52. The summed E-state index contributed by atoms with van der Waals surface area (Å²) in [6, 6.07) is 0.475. The first-order valence-electron chi connectivity index (χ1n) is 9.71. The van der Waals surface area contributed by atoms with Crippen molar-refractivity contribution >= 4 is 17.3 Å². The minimum absolute atomic E-state index is 0.475. The Kier molecular flexibility index (Phi) is 8.81. The number of guanidine groups is 1. The molecule has 2 rings (SSSR count). The molecule has 1 aromatic heterocycles. The van der Waals surface area contributed by atoms with Crippen molar-refractivity contribution in [2.24, 2.45) is 10.9 Å². The van der Waals surface area contributed by atoms with Crippen molar-refractivity contribution in [2.75, 3.05) is 46.4 Å². The molecule has 1 fully saturated rings. The van der Waals surface area contributed by atoms with Crippen molar-refractivity contribution in [3.8, 4) is 0 Å². The van der Waals surface area contributed by atoms with E-state index in [1.54, 1.807) is 11.3 Å². The van der Waals surface area contributed by atoms with E-state index in [1.165, 1.54) is 0 Å². The molecule has 148 valence electrons. The van der Waals surface area contributed by atoms with Crippen molar-refractivity contribution in [3.05, 3.63) is 16.1 Å². The van der Waals surface area contributed by atoms with Crippen molar-refractivity contribution in [1.82, 2.24) is 20.1 Å². The van der Waals surface area contributed by atoms with E-state index in [-0.39, 0.29) is 0 Å². The van der Waals surface area contributed by atoms with Crippen LogP contribution >= 0.6 is 11.3 Å². The van der Waals surface area contributed by atoms with Crippen molar-refractivity contribution in [2.45, 2.75) is 46.7 Å². The Bertz CT molecular complexity index is 554. The van der Waals surface area contributed by atoms with Gasteiger partial charge in [-0.25, -0.2) is 4.98 Å². The molecule has 0 aliphatic carbocycles. The number of nitrogens with zero attached hydrogens (tertiary/aromatic N) is 4. The van der Waals surface area contributed by atoms with Crippen LogP contribution in [0.1, 0.15) is 37.9 Å². The van der Waals surface area contributed by atoms with E-state index in [0.717, 1.165) is 69.0 Å². The molecule has 0 aromatic carbocycles. The van der Waals surface area contributed by atoms with E-state index in [9.17, 15) is 0 Å². The second-order valence-corrected chi connectivity index (χ2v) is 8.40. The second-order valence-electron chi connectivity index (χ2n) is 7.34. The molecule has 1 aromatic rings. The smallest absolute Gasteiger partial charge is 0.194 e. The first kappa shape index (κ1) is 21.1. The number of aromatic nitrogens is 1. The Labute approximate surface area is 162 Å². The molecule has 0 radical (unpaired) electrons. The molecule has 1 aliphatic heterocycles. The highest BCUT2D eigenvalue weighted by Crippen LogP contribution is 2.15. The molecule has 1 atom stereocenters.